The monoisotopic (exact) mass is 572 g/mol. The van der Waals surface area contributed by atoms with Gasteiger partial charge in [-0.25, -0.2) is 9.59 Å². The van der Waals surface area contributed by atoms with E-state index in [4.69, 9.17) is 24.1 Å². The van der Waals surface area contributed by atoms with E-state index < -0.39 is 18.5 Å². The Morgan fingerprint density at radius 3 is 2.07 bits per heavy atom. The zero-order valence-electron chi connectivity index (χ0n) is 24.7. The van der Waals surface area contributed by atoms with Crippen LogP contribution in [0.15, 0.2) is 85.0 Å². The van der Waals surface area contributed by atoms with Crippen LogP contribution in [-0.2, 0) is 32.1 Å². The molecule has 0 bridgehead atoms. The number of rotatable bonds is 16. The maximum absolute atomic E-state index is 12.1. The Balaban J connectivity index is 1.81. The van der Waals surface area contributed by atoms with Crippen molar-refractivity contribution in [2.24, 2.45) is 0 Å². The van der Waals surface area contributed by atoms with Gasteiger partial charge in [-0.1, -0.05) is 69.8 Å². The minimum atomic E-state index is -0.682. The smallest absolute Gasteiger partial charge is 0.335 e. The molecule has 0 aliphatic carbocycles. The fourth-order valence-corrected chi connectivity index (χ4v) is 4.14. The lowest BCUT2D eigenvalue weighted by molar-refractivity contribution is -0.141. The summed E-state index contributed by atoms with van der Waals surface area (Å²) in [6.45, 7) is 13.2. The molecule has 0 fully saturated rings. The van der Waals surface area contributed by atoms with Gasteiger partial charge < -0.3 is 24.1 Å². The summed E-state index contributed by atoms with van der Waals surface area (Å²) in [7, 11) is 0. The molecule has 0 unspecified atom stereocenters. The fraction of sp³-hybridized carbons (Fsp3) is 0.314. The summed E-state index contributed by atoms with van der Waals surface area (Å²) in [5, 5.41) is 9.00. The number of hydrogen-bond acceptors (Lipinski definition) is 7. The van der Waals surface area contributed by atoms with Crippen molar-refractivity contribution in [1.29, 1.82) is 0 Å². The molecular formula is C35H40O7. The second-order valence-corrected chi connectivity index (χ2v) is 9.88. The maximum atomic E-state index is 12.1. The van der Waals surface area contributed by atoms with Crippen LogP contribution in [0.25, 0.3) is 22.3 Å². The van der Waals surface area contributed by atoms with Crippen molar-refractivity contribution in [3.63, 3.8) is 0 Å². The van der Waals surface area contributed by atoms with Crippen LogP contribution in [0.2, 0.25) is 0 Å². The Kier molecular flexibility index (Phi) is 12.4. The molecule has 0 aliphatic rings. The standard InChI is InChI=1S/C35H40O7/c1-6-8-17-39-31-13-9-27(10-14-31)32-15-11-28(20-26(32)7-2)29-12-16-33(30(21-29)23-42-34(37)24(3)4)40-18-19-41-35(38)25(5)22-36/h9-16,20-21,36H,3,5-8,17-19,22-23H2,1-2,4H3. The fourth-order valence-electron chi connectivity index (χ4n) is 4.14. The van der Waals surface area contributed by atoms with Gasteiger partial charge in [-0.2, -0.15) is 0 Å². The van der Waals surface area contributed by atoms with Crippen molar-refractivity contribution in [1.82, 2.24) is 0 Å². The van der Waals surface area contributed by atoms with Gasteiger partial charge in [0, 0.05) is 11.1 Å². The van der Waals surface area contributed by atoms with Crippen LogP contribution in [0.4, 0.5) is 0 Å². The summed E-state index contributed by atoms with van der Waals surface area (Å²) in [6, 6.07) is 20.3. The Labute approximate surface area is 248 Å². The van der Waals surface area contributed by atoms with Crippen LogP contribution in [-0.4, -0.2) is 43.5 Å². The van der Waals surface area contributed by atoms with E-state index in [1.807, 2.05) is 30.3 Å². The van der Waals surface area contributed by atoms with E-state index in [0.29, 0.717) is 16.9 Å². The number of unbranched alkanes of at least 4 members (excludes halogenated alkanes) is 1. The first kappa shape index (κ1) is 32.2. The molecule has 3 rings (SSSR count). The topological polar surface area (TPSA) is 91.3 Å². The number of aliphatic hydroxyl groups is 1. The van der Waals surface area contributed by atoms with Crippen LogP contribution in [0.3, 0.4) is 0 Å². The van der Waals surface area contributed by atoms with Crippen molar-refractivity contribution in [3.05, 3.63) is 96.1 Å². The van der Waals surface area contributed by atoms with E-state index >= 15 is 0 Å². The summed E-state index contributed by atoms with van der Waals surface area (Å²) in [5.74, 6) is 0.192. The molecule has 3 aromatic carbocycles. The van der Waals surface area contributed by atoms with Gasteiger partial charge in [0.05, 0.1) is 18.8 Å². The van der Waals surface area contributed by atoms with Crippen molar-refractivity contribution < 1.29 is 33.6 Å². The van der Waals surface area contributed by atoms with Crippen molar-refractivity contribution in [3.8, 4) is 33.8 Å². The molecule has 42 heavy (non-hydrogen) atoms. The van der Waals surface area contributed by atoms with E-state index in [1.54, 1.807) is 6.92 Å². The van der Waals surface area contributed by atoms with Crippen LogP contribution < -0.4 is 9.47 Å². The molecule has 0 saturated heterocycles. The number of carbonyl (C=O) groups excluding carboxylic acids is 2. The average molecular weight is 573 g/mol. The first-order valence-electron chi connectivity index (χ1n) is 14.2. The number of hydrogen-bond donors (Lipinski definition) is 1. The van der Waals surface area contributed by atoms with Crippen molar-refractivity contribution in [2.45, 2.75) is 46.6 Å². The molecule has 7 nitrogen and oxygen atoms in total. The second-order valence-electron chi connectivity index (χ2n) is 9.88. The molecule has 222 valence electrons. The van der Waals surface area contributed by atoms with Crippen molar-refractivity contribution >= 4 is 11.9 Å². The number of aliphatic hydroxyl groups excluding tert-OH is 1. The third kappa shape index (κ3) is 9.08. The van der Waals surface area contributed by atoms with Gasteiger partial charge in [-0.3, -0.25) is 0 Å². The highest BCUT2D eigenvalue weighted by Crippen LogP contribution is 2.33. The van der Waals surface area contributed by atoms with Gasteiger partial charge in [-0.05, 0) is 71.8 Å². The molecule has 0 atom stereocenters. The predicted octanol–water partition coefficient (Wildman–Crippen LogP) is 6.85. The summed E-state index contributed by atoms with van der Waals surface area (Å²) >= 11 is 0. The molecule has 1 N–H and O–H groups in total. The number of benzene rings is 3. The van der Waals surface area contributed by atoms with Gasteiger partial charge in [0.15, 0.2) is 0 Å². The zero-order valence-corrected chi connectivity index (χ0v) is 24.7. The Hall–Kier alpha value is -4.36. The molecule has 7 heteroatoms. The van der Waals surface area contributed by atoms with E-state index in [9.17, 15) is 9.59 Å². The third-order valence-corrected chi connectivity index (χ3v) is 6.57. The Morgan fingerprint density at radius 1 is 0.762 bits per heavy atom. The minimum absolute atomic E-state index is 0.0125. The van der Waals surface area contributed by atoms with E-state index in [0.717, 1.165) is 53.9 Å². The molecule has 0 aliphatic heterocycles. The SMILES string of the molecule is C=C(C)C(=O)OCc1cc(-c2ccc(-c3ccc(OCCCC)cc3)c(CC)c2)ccc1OCCOC(=O)C(=C)CO. The predicted molar refractivity (Wildman–Crippen MR) is 164 cm³/mol. The molecule has 0 radical (unpaired) electrons. The molecule has 3 aromatic rings. The summed E-state index contributed by atoms with van der Waals surface area (Å²) in [4.78, 5) is 23.8. The van der Waals surface area contributed by atoms with Crippen LogP contribution in [0.1, 0.15) is 44.7 Å². The molecule has 0 aromatic heterocycles. The van der Waals surface area contributed by atoms with Crippen LogP contribution in [0.5, 0.6) is 11.5 Å². The molecule has 0 heterocycles. The number of aryl methyl sites for hydroxylation is 1. The lowest BCUT2D eigenvalue weighted by Crippen LogP contribution is -2.15. The van der Waals surface area contributed by atoms with Gasteiger partial charge in [0.1, 0.15) is 31.3 Å². The summed E-state index contributed by atoms with van der Waals surface area (Å²) < 4.78 is 22.1. The van der Waals surface area contributed by atoms with E-state index in [2.05, 4.69) is 57.3 Å². The third-order valence-electron chi connectivity index (χ3n) is 6.57. The van der Waals surface area contributed by atoms with Gasteiger partial charge >= 0.3 is 11.9 Å². The molecule has 0 amide bonds. The van der Waals surface area contributed by atoms with E-state index in [1.165, 1.54) is 5.56 Å². The number of carbonyl (C=O) groups is 2. The lowest BCUT2D eigenvalue weighted by atomic mass is 9.93. The highest BCUT2D eigenvalue weighted by molar-refractivity contribution is 5.88. The molecule has 0 spiro atoms. The normalized spacial score (nSPS) is 10.6. The summed E-state index contributed by atoms with van der Waals surface area (Å²) in [6.07, 6.45) is 2.98. The Bertz CT molecular complexity index is 1390. The highest BCUT2D eigenvalue weighted by Gasteiger charge is 2.13. The average Bonchev–Trinajstić information content (AvgIpc) is 3.01. The lowest BCUT2D eigenvalue weighted by Gasteiger charge is -2.16. The summed E-state index contributed by atoms with van der Waals surface area (Å²) in [5.41, 5.74) is 6.38. The minimum Gasteiger partial charge on any atom is -0.494 e. The number of ether oxygens (including phenoxy) is 4. The Morgan fingerprint density at radius 2 is 1.43 bits per heavy atom. The van der Waals surface area contributed by atoms with Gasteiger partial charge in [0.25, 0.3) is 0 Å². The van der Waals surface area contributed by atoms with Crippen LogP contribution >= 0.6 is 0 Å². The van der Waals surface area contributed by atoms with Gasteiger partial charge in [0.2, 0.25) is 0 Å². The first-order valence-corrected chi connectivity index (χ1v) is 14.2. The van der Waals surface area contributed by atoms with Crippen LogP contribution in [0, 0.1) is 0 Å². The van der Waals surface area contributed by atoms with Gasteiger partial charge in [-0.15, -0.1) is 0 Å². The zero-order chi connectivity index (χ0) is 30.5. The van der Waals surface area contributed by atoms with Crippen molar-refractivity contribution in [2.75, 3.05) is 26.4 Å². The molecule has 0 saturated carbocycles. The quantitative estimate of drug-likeness (QED) is 0.114. The maximum Gasteiger partial charge on any atom is 0.335 e. The van der Waals surface area contributed by atoms with E-state index in [-0.39, 0.29) is 25.4 Å². The first-order chi connectivity index (χ1) is 20.3. The second kappa shape index (κ2) is 16.2. The highest BCUT2D eigenvalue weighted by atomic mass is 16.6. The largest absolute Gasteiger partial charge is 0.494 e. The molecular weight excluding hydrogens is 532 g/mol. The number of esters is 2.